The maximum Gasteiger partial charge on any atom is 0.351 e. The highest BCUT2D eigenvalue weighted by atomic mass is 32.1. The lowest BCUT2D eigenvalue weighted by Gasteiger charge is -2.47. The molecule has 2 aromatic rings. The first-order valence-electron chi connectivity index (χ1n) is 20.5. The largest absolute Gasteiger partial charge is 0.457 e. The fourth-order valence-electron chi connectivity index (χ4n) is 8.88. The summed E-state index contributed by atoms with van der Waals surface area (Å²) in [6.45, 7) is 13.1. The van der Waals surface area contributed by atoms with Crippen molar-refractivity contribution in [3.8, 4) is 0 Å². The van der Waals surface area contributed by atoms with Gasteiger partial charge in [0, 0.05) is 30.5 Å². The first-order chi connectivity index (χ1) is 28.0. The number of halogens is 1. The molecular weight excluding hydrogens is 802 g/mol. The topological polar surface area (TPSA) is 214 Å². The molecule has 3 aliphatic heterocycles. The van der Waals surface area contributed by atoms with Crippen LogP contribution in [0.1, 0.15) is 87.1 Å². The Balaban J connectivity index is 1.68. The Morgan fingerprint density at radius 2 is 1.83 bits per heavy atom. The van der Waals surface area contributed by atoms with E-state index in [9.17, 15) is 24.6 Å². The van der Waals surface area contributed by atoms with Crippen molar-refractivity contribution >= 4 is 55.8 Å². The Morgan fingerprint density at radius 3 is 2.48 bits per heavy atom. The number of aromatic nitrogens is 1. The van der Waals surface area contributed by atoms with Gasteiger partial charge in [-0.05, 0) is 84.7 Å². The minimum absolute atomic E-state index is 0.00521. The number of cyclic esters (lactones) is 1. The summed E-state index contributed by atoms with van der Waals surface area (Å²) >= 11 is 1.34. The molecule has 2 bridgehead atoms. The lowest BCUT2D eigenvalue weighted by molar-refractivity contribution is -0.296. The third-order valence-electron chi connectivity index (χ3n) is 12.0. The number of rotatable bonds is 7. The molecule has 1 aromatic heterocycles. The highest BCUT2D eigenvalue weighted by Crippen LogP contribution is 2.41. The van der Waals surface area contributed by atoms with Crippen LogP contribution in [-0.4, -0.2) is 136 Å². The number of thiazole rings is 1. The predicted octanol–water partition coefficient (Wildman–Crippen LogP) is 4.41. The van der Waals surface area contributed by atoms with Gasteiger partial charge in [0.15, 0.2) is 17.2 Å². The summed E-state index contributed by atoms with van der Waals surface area (Å²) in [6, 6.07) is 5.16. The molecule has 3 fully saturated rings. The maximum absolute atomic E-state index is 16.9. The summed E-state index contributed by atoms with van der Waals surface area (Å²) in [5.74, 6) is -6.09. The van der Waals surface area contributed by atoms with Gasteiger partial charge in [-0.15, -0.1) is 0 Å². The summed E-state index contributed by atoms with van der Waals surface area (Å²) < 4.78 is 49.6. The van der Waals surface area contributed by atoms with Gasteiger partial charge in [-0.1, -0.05) is 50.3 Å². The Kier molecular flexibility index (Phi) is 15.0. The average Bonchev–Trinajstić information content (AvgIpc) is 3.54. The molecule has 0 saturated carbocycles. The van der Waals surface area contributed by atoms with Crippen molar-refractivity contribution in [1.82, 2.24) is 9.88 Å². The first kappa shape index (κ1) is 47.6. The number of esters is 1. The number of oxime groups is 1. The molecule has 1 aromatic carbocycles. The van der Waals surface area contributed by atoms with Crippen LogP contribution < -0.4 is 5.73 Å². The van der Waals surface area contributed by atoms with Gasteiger partial charge in [0.2, 0.25) is 5.91 Å². The number of aliphatic hydroxyl groups is 2. The van der Waals surface area contributed by atoms with E-state index >= 15 is 4.39 Å². The number of ether oxygens (including phenoxy) is 5. The number of nitrogen functional groups attached to an aromatic ring is 1. The van der Waals surface area contributed by atoms with Gasteiger partial charge in [0.25, 0.3) is 5.67 Å². The summed E-state index contributed by atoms with van der Waals surface area (Å²) in [5.41, 5.74) is 1.16. The fourth-order valence-corrected chi connectivity index (χ4v) is 9.68. The van der Waals surface area contributed by atoms with Crippen LogP contribution in [0.5, 0.6) is 0 Å². The van der Waals surface area contributed by atoms with Crippen molar-refractivity contribution in [3.63, 3.8) is 0 Å². The Morgan fingerprint density at radius 1 is 1.13 bits per heavy atom. The minimum Gasteiger partial charge on any atom is -0.457 e. The molecule has 16 nitrogen and oxygen atoms in total. The lowest BCUT2D eigenvalue weighted by Crippen LogP contribution is -2.61. The lowest BCUT2D eigenvalue weighted by atomic mass is 9.73. The molecule has 0 radical (unpaired) electrons. The number of ketones is 1. The molecule has 4 heterocycles. The third-order valence-corrected chi connectivity index (χ3v) is 12.9. The molecule has 13 atom stereocenters. The molecule has 4 N–H and O–H groups in total. The van der Waals surface area contributed by atoms with Crippen molar-refractivity contribution in [1.29, 1.82) is 0 Å². The van der Waals surface area contributed by atoms with Crippen LogP contribution >= 0.6 is 11.3 Å². The van der Waals surface area contributed by atoms with Crippen molar-refractivity contribution in [3.05, 3.63) is 23.8 Å². The number of fused-ring (bicyclic) bond motifs is 6. The van der Waals surface area contributed by atoms with Gasteiger partial charge in [-0.2, -0.15) is 0 Å². The van der Waals surface area contributed by atoms with E-state index in [0.29, 0.717) is 17.3 Å². The van der Waals surface area contributed by atoms with E-state index in [2.05, 4.69) is 15.1 Å². The molecule has 5 rings (SSSR count). The molecule has 0 unspecified atom stereocenters. The smallest absolute Gasteiger partial charge is 0.351 e. The summed E-state index contributed by atoms with van der Waals surface area (Å²) in [5, 5.41) is 28.9. The second-order valence-corrected chi connectivity index (χ2v) is 18.4. The average molecular weight is 864 g/mol. The number of anilines is 1. The van der Waals surface area contributed by atoms with E-state index in [4.69, 9.17) is 34.3 Å². The first-order valence-corrected chi connectivity index (χ1v) is 21.3. The number of benzene rings is 1. The monoisotopic (exact) mass is 863 g/mol. The highest BCUT2D eigenvalue weighted by molar-refractivity contribution is 7.22. The second kappa shape index (κ2) is 18.9. The van der Waals surface area contributed by atoms with E-state index in [1.165, 1.54) is 32.1 Å². The number of nitrogens with two attached hydrogens (primary N) is 1. The molecule has 334 valence electrons. The number of Topliss-reactive ketones (excluding diaryl/α,β-unsaturated/α-hetero) is 1. The van der Waals surface area contributed by atoms with E-state index in [1.807, 2.05) is 51.0 Å². The van der Waals surface area contributed by atoms with E-state index in [-0.39, 0.29) is 44.5 Å². The van der Waals surface area contributed by atoms with Gasteiger partial charge in [0.1, 0.15) is 30.1 Å². The summed E-state index contributed by atoms with van der Waals surface area (Å²) in [7, 11) is 3.63. The normalized spacial score (nSPS) is 39.0. The standard InChI is InChI=1S/C42H62FN5O11S/c1-12-31-42(9,53)36-23(4)32(45-25(6)49)21(2)17-40(7,55-20-27(19-54-36)47-56-18-26-13-14-28-30(16-26)60-39(44)46-28)35(24(5)34(51)41(8,43)38(52)58-31)59-37-33(50)29(48(10)11)15-22(3)57-37/h13-14,16,21-24,29,31,33,35-37,50,53H,12,15,17-20H2,1-11H3,(H2,44,46)/b45-32?,47-27+/t21-,22-,23+,24+,29+,31-,33-,35-,36+,37+,40-,41+,42-/m1/s1. The zero-order valence-electron chi connectivity index (χ0n) is 36.5. The number of nitrogens with zero attached hydrogens (tertiary/aromatic N) is 4. The van der Waals surface area contributed by atoms with Gasteiger partial charge in [-0.25, -0.2) is 19.2 Å². The molecule has 3 aliphatic rings. The zero-order chi connectivity index (χ0) is 44.5. The number of likely N-dealkylation sites (N-methyl/N-ethyl adjacent to an activating group) is 1. The number of carbonyl (C=O) groups excluding carboxylic acids is 3. The number of aliphatic imine (C=N–C) groups is 1. The highest BCUT2D eigenvalue weighted by Gasteiger charge is 2.56. The number of alkyl halides is 1. The summed E-state index contributed by atoms with van der Waals surface area (Å²) in [6.07, 6.45) is -6.46. The molecule has 18 heteroatoms. The van der Waals surface area contributed by atoms with Gasteiger partial charge < -0.3 is 49.4 Å². The number of hydrogen-bond donors (Lipinski definition) is 3. The van der Waals surface area contributed by atoms with Crippen LogP contribution in [0.2, 0.25) is 0 Å². The molecule has 3 saturated heterocycles. The number of carbonyl (C=O) groups is 3. The number of aliphatic hydroxyl groups excluding tert-OH is 1. The van der Waals surface area contributed by atoms with Crippen LogP contribution in [-0.2, 0) is 49.5 Å². The van der Waals surface area contributed by atoms with E-state index < -0.39 is 89.0 Å². The van der Waals surface area contributed by atoms with E-state index in [1.54, 1.807) is 20.8 Å². The van der Waals surface area contributed by atoms with E-state index in [0.717, 1.165) is 22.7 Å². The fraction of sp³-hybridized carbons (Fsp3) is 0.714. The molecule has 60 heavy (non-hydrogen) atoms. The van der Waals surface area contributed by atoms with Gasteiger partial charge >= 0.3 is 5.97 Å². The van der Waals surface area contributed by atoms with Crippen molar-refractivity contribution in [2.75, 3.05) is 33.0 Å². The SMILES string of the molecule is CC[C@H]1OC(=O)[C@@](C)(F)C(=O)[C@H](C)[C@@H](O[C@@H]2O[C@H](C)C[C@H](N(C)C)[C@H]2O)[C@@]2(C)C[C@@H](C)C(=NC(C)=O)[C@H](C)[C@H](OC/C(=N\OCc3ccc4nc(N)sc4c3)CO2)[C@]1(C)O. The number of hydrogen-bond acceptors (Lipinski definition) is 16. The Labute approximate surface area is 354 Å². The third kappa shape index (κ3) is 10.2. The number of amides is 1. The zero-order valence-corrected chi connectivity index (χ0v) is 37.3. The van der Waals surface area contributed by atoms with Crippen LogP contribution in [0.3, 0.4) is 0 Å². The van der Waals surface area contributed by atoms with Crippen molar-refractivity contribution in [2.24, 2.45) is 27.9 Å². The van der Waals surface area contributed by atoms with Crippen molar-refractivity contribution < 1.29 is 57.5 Å². The molecule has 0 aliphatic carbocycles. The molecular formula is C42H62FN5O11S. The van der Waals surface area contributed by atoms with Crippen molar-refractivity contribution in [2.45, 2.75) is 148 Å². The minimum atomic E-state index is -3.22. The van der Waals surface area contributed by atoms with Gasteiger partial charge in [0.05, 0.1) is 47.3 Å². The van der Waals surface area contributed by atoms with Crippen LogP contribution in [0.4, 0.5) is 9.52 Å². The molecule has 1 amide bonds. The quantitative estimate of drug-likeness (QED) is 0.200. The maximum atomic E-state index is 16.9. The van der Waals surface area contributed by atoms with Crippen LogP contribution in [0.25, 0.3) is 10.2 Å². The second-order valence-electron chi connectivity index (χ2n) is 17.4. The Bertz CT molecular complexity index is 1940. The predicted molar refractivity (Wildman–Crippen MR) is 223 cm³/mol. The Hall–Kier alpha value is -3.49. The van der Waals surface area contributed by atoms with Gasteiger partial charge in [-0.3, -0.25) is 9.59 Å². The van der Waals surface area contributed by atoms with Crippen LogP contribution in [0, 0.1) is 17.8 Å². The molecule has 0 spiro atoms. The van der Waals surface area contributed by atoms with Crippen LogP contribution in [0.15, 0.2) is 28.3 Å². The summed E-state index contributed by atoms with van der Waals surface area (Å²) in [4.78, 5) is 57.6.